The number of Topliss-reactive ketones (excluding diaryl/α,β-unsaturated/α-hetero) is 1. The van der Waals surface area contributed by atoms with Gasteiger partial charge in [-0.25, -0.2) is 4.79 Å². The first-order chi connectivity index (χ1) is 13.1. The molecule has 0 spiro atoms. The number of carbonyl (C=O) groups is 2. The Morgan fingerprint density at radius 2 is 1.59 bits per heavy atom. The minimum atomic E-state index is -0.539. The molecule has 0 heterocycles. The van der Waals surface area contributed by atoms with Crippen LogP contribution < -0.4 is 0 Å². The highest BCUT2D eigenvalue weighted by Gasteiger charge is 2.15. The summed E-state index contributed by atoms with van der Waals surface area (Å²) in [5.74, 6) is -0.640. The Morgan fingerprint density at radius 1 is 0.926 bits per heavy atom. The molecule has 27 heavy (non-hydrogen) atoms. The van der Waals surface area contributed by atoms with Crippen molar-refractivity contribution in [1.82, 2.24) is 0 Å². The van der Waals surface area contributed by atoms with E-state index in [-0.39, 0.29) is 11.5 Å². The van der Waals surface area contributed by atoms with Crippen LogP contribution in [-0.2, 0) is 14.4 Å². The Kier molecular flexibility index (Phi) is 8.78. The SMILES string of the molecule is CCCCCCC(=O)C(=NOC(C)=O)c1ccc(Sc2ccccc2)cc1. The second kappa shape index (κ2) is 11.3. The molecule has 0 amide bonds. The zero-order valence-corrected chi connectivity index (χ0v) is 16.6. The molecule has 0 atom stereocenters. The second-order valence-corrected chi connectivity index (χ2v) is 7.34. The number of oxime groups is 1. The van der Waals surface area contributed by atoms with Crippen molar-refractivity contribution in [2.24, 2.45) is 5.16 Å². The van der Waals surface area contributed by atoms with Crippen molar-refractivity contribution in [3.63, 3.8) is 0 Å². The zero-order valence-electron chi connectivity index (χ0n) is 15.8. The topological polar surface area (TPSA) is 55.7 Å². The van der Waals surface area contributed by atoms with Gasteiger partial charge in [-0.15, -0.1) is 0 Å². The Bertz CT molecular complexity index is 770. The first kappa shape index (κ1) is 20.9. The van der Waals surface area contributed by atoms with Crippen LogP contribution in [0.5, 0.6) is 0 Å². The van der Waals surface area contributed by atoms with Crippen molar-refractivity contribution >= 4 is 29.2 Å². The standard InChI is InChI=1S/C22H25NO3S/c1-3-4-5-9-12-21(25)22(23-26-17(2)24)18-13-15-20(16-14-18)27-19-10-7-6-8-11-19/h6-8,10-11,13-16H,3-5,9,12H2,1-2H3. The molecular weight excluding hydrogens is 358 g/mol. The van der Waals surface area contributed by atoms with Gasteiger partial charge in [-0.1, -0.05) is 73.4 Å². The van der Waals surface area contributed by atoms with Gasteiger partial charge in [0, 0.05) is 28.7 Å². The number of rotatable bonds is 10. The molecule has 2 aromatic carbocycles. The van der Waals surface area contributed by atoms with Crippen LogP contribution in [0.4, 0.5) is 0 Å². The van der Waals surface area contributed by atoms with Gasteiger partial charge in [-0.2, -0.15) is 0 Å². The van der Waals surface area contributed by atoms with Crippen LogP contribution in [-0.4, -0.2) is 17.5 Å². The molecule has 142 valence electrons. The van der Waals surface area contributed by atoms with E-state index in [9.17, 15) is 9.59 Å². The molecule has 2 aromatic rings. The highest BCUT2D eigenvalue weighted by molar-refractivity contribution is 7.99. The van der Waals surface area contributed by atoms with Gasteiger partial charge in [0.1, 0.15) is 0 Å². The highest BCUT2D eigenvalue weighted by atomic mass is 32.2. The van der Waals surface area contributed by atoms with Crippen molar-refractivity contribution in [3.8, 4) is 0 Å². The molecule has 0 unspecified atom stereocenters. The molecule has 0 N–H and O–H groups in total. The molecule has 0 radical (unpaired) electrons. The molecular formula is C22H25NO3S. The summed E-state index contributed by atoms with van der Waals surface area (Å²) in [5, 5.41) is 3.82. The summed E-state index contributed by atoms with van der Waals surface area (Å²) in [7, 11) is 0. The van der Waals surface area contributed by atoms with Crippen LogP contribution >= 0.6 is 11.8 Å². The molecule has 0 aliphatic carbocycles. The third-order valence-electron chi connectivity index (χ3n) is 3.89. The van der Waals surface area contributed by atoms with E-state index < -0.39 is 5.97 Å². The number of ketones is 1. The fourth-order valence-corrected chi connectivity index (χ4v) is 3.35. The van der Waals surface area contributed by atoms with Gasteiger partial charge in [-0.3, -0.25) is 4.79 Å². The number of benzene rings is 2. The van der Waals surface area contributed by atoms with Crippen molar-refractivity contribution in [2.75, 3.05) is 0 Å². The lowest BCUT2D eigenvalue weighted by atomic mass is 10.0. The molecule has 5 heteroatoms. The van der Waals surface area contributed by atoms with Crippen LogP contribution in [0, 0.1) is 0 Å². The molecule has 4 nitrogen and oxygen atoms in total. The highest BCUT2D eigenvalue weighted by Crippen LogP contribution is 2.27. The summed E-state index contributed by atoms with van der Waals surface area (Å²) in [4.78, 5) is 30.6. The largest absolute Gasteiger partial charge is 0.332 e. The van der Waals surface area contributed by atoms with E-state index in [0.29, 0.717) is 12.0 Å². The van der Waals surface area contributed by atoms with E-state index in [0.717, 1.165) is 35.5 Å². The number of nitrogens with zero attached hydrogens (tertiary/aromatic N) is 1. The lowest BCUT2D eigenvalue weighted by Gasteiger charge is -2.07. The average molecular weight is 384 g/mol. The summed E-state index contributed by atoms with van der Waals surface area (Å²) in [6.07, 6.45) is 4.45. The number of hydrogen-bond donors (Lipinski definition) is 0. The van der Waals surface area contributed by atoms with E-state index in [1.807, 2.05) is 54.6 Å². The quantitative estimate of drug-likeness (QED) is 0.230. The van der Waals surface area contributed by atoms with Gasteiger partial charge in [0.25, 0.3) is 0 Å². The molecule has 2 rings (SSSR count). The van der Waals surface area contributed by atoms with E-state index in [4.69, 9.17) is 4.84 Å². The molecule has 0 saturated heterocycles. The molecule has 0 fully saturated rings. The van der Waals surface area contributed by atoms with Crippen LogP contribution in [0.25, 0.3) is 0 Å². The summed E-state index contributed by atoms with van der Waals surface area (Å²) in [5.41, 5.74) is 0.868. The Labute approximate surface area is 165 Å². The predicted octanol–water partition coefficient (Wildman–Crippen LogP) is 5.64. The van der Waals surface area contributed by atoms with Crippen molar-refractivity contribution in [3.05, 3.63) is 60.2 Å². The van der Waals surface area contributed by atoms with Gasteiger partial charge in [-0.05, 0) is 30.7 Å². The Morgan fingerprint density at radius 3 is 2.22 bits per heavy atom. The molecule has 0 bridgehead atoms. The zero-order chi connectivity index (χ0) is 19.5. The van der Waals surface area contributed by atoms with Crippen LogP contribution in [0.1, 0.15) is 51.5 Å². The summed E-state index contributed by atoms with van der Waals surface area (Å²) < 4.78 is 0. The van der Waals surface area contributed by atoms with Gasteiger partial charge < -0.3 is 4.84 Å². The normalized spacial score (nSPS) is 11.3. The van der Waals surface area contributed by atoms with Crippen molar-refractivity contribution < 1.29 is 14.4 Å². The third-order valence-corrected chi connectivity index (χ3v) is 4.91. The Balaban J connectivity index is 2.11. The maximum Gasteiger partial charge on any atom is 0.332 e. The van der Waals surface area contributed by atoms with Crippen LogP contribution in [0.15, 0.2) is 69.5 Å². The van der Waals surface area contributed by atoms with Crippen molar-refractivity contribution in [1.29, 1.82) is 0 Å². The van der Waals surface area contributed by atoms with Crippen molar-refractivity contribution in [2.45, 2.75) is 55.7 Å². The van der Waals surface area contributed by atoms with Gasteiger partial charge >= 0.3 is 5.97 Å². The van der Waals surface area contributed by atoms with Gasteiger partial charge in [0.05, 0.1) is 0 Å². The predicted molar refractivity (Wildman–Crippen MR) is 109 cm³/mol. The maximum atomic E-state index is 12.6. The van der Waals surface area contributed by atoms with Crippen LogP contribution in [0.2, 0.25) is 0 Å². The third kappa shape index (κ3) is 7.39. The lowest BCUT2D eigenvalue weighted by Crippen LogP contribution is -2.16. The van der Waals surface area contributed by atoms with E-state index in [1.165, 1.54) is 6.92 Å². The average Bonchev–Trinajstić information content (AvgIpc) is 2.67. The fraction of sp³-hybridized carbons (Fsp3) is 0.318. The number of carbonyl (C=O) groups excluding carboxylic acids is 2. The Hall–Kier alpha value is -2.40. The number of unbranched alkanes of at least 4 members (excludes halogenated alkanes) is 3. The van der Waals surface area contributed by atoms with Crippen LogP contribution in [0.3, 0.4) is 0 Å². The lowest BCUT2D eigenvalue weighted by molar-refractivity contribution is -0.140. The van der Waals surface area contributed by atoms with E-state index >= 15 is 0 Å². The maximum absolute atomic E-state index is 12.6. The van der Waals surface area contributed by atoms with E-state index in [2.05, 4.69) is 12.1 Å². The summed E-state index contributed by atoms with van der Waals surface area (Å²) >= 11 is 1.64. The molecule has 0 aromatic heterocycles. The first-order valence-electron chi connectivity index (χ1n) is 9.22. The first-order valence-corrected chi connectivity index (χ1v) is 10.0. The van der Waals surface area contributed by atoms with Gasteiger partial charge in [0.2, 0.25) is 0 Å². The second-order valence-electron chi connectivity index (χ2n) is 6.20. The minimum Gasteiger partial charge on any atom is -0.318 e. The molecule has 0 saturated carbocycles. The smallest absolute Gasteiger partial charge is 0.318 e. The summed E-state index contributed by atoms with van der Waals surface area (Å²) in [6, 6.07) is 17.7. The monoisotopic (exact) mass is 383 g/mol. The number of hydrogen-bond acceptors (Lipinski definition) is 5. The molecule has 0 aliphatic rings. The summed E-state index contributed by atoms with van der Waals surface area (Å²) in [6.45, 7) is 3.40. The molecule has 0 aliphatic heterocycles. The van der Waals surface area contributed by atoms with E-state index in [1.54, 1.807) is 11.8 Å². The van der Waals surface area contributed by atoms with Gasteiger partial charge in [0.15, 0.2) is 11.5 Å². The minimum absolute atomic E-state index is 0.101. The fourth-order valence-electron chi connectivity index (χ4n) is 2.51.